The van der Waals surface area contributed by atoms with E-state index >= 15 is 0 Å². The molecule has 0 fully saturated rings. The standard InChI is InChI=1S/C20H19ClN4O/c1-26-18-7-6-16(21)12-17(18)23-19-8-10-22-20(24-19)25-11-9-14-4-2-3-5-15(14)13-25/h2-8,10,12H,9,11,13H2,1H3,(H,22,23,24). The SMILES string of the molecule is COc1ccc(Cl)cc1Nc1ccnc(N2CCc3ccccc3C2)n1. The summed E-state index contributed by atoms with van der Waals surface area (Å²) in [6.07, 6.45) is 2.77. The van der Waals surface area contributed by atoms with Crippen LogP contribution in [0, 0.1) is 0 Å². The molecule has 0 aliphatic carbocycles. The molecule has 26 heavy (non-hydrogen) atoms. The number of fused-ring (bicyclic) bond motifs is 1. The summed E-state index contributed by atoms with van der Waals surface area (Å²) in [6, 6.07) is 15.8. The van der Waals surface area contributed by atoms with Crippen LogP contribution in [-0.4, -0.2) is 23.6 Å². The van der Waals surface area contributed by atoms with Gasteiger partial charge in [-0.15, -0.1) is 0 Å². The minimum atomic E-state index is 0.634. The molecular weight excluding hydrogens is 348 g/mol. The molecule has 0 spiro atoms. The first kappa shape index (κ1) is 16.7. The lowest BCUT2D eigenvalue weighted by Crippen LogP contribution is -2.31. The van der Waals surface area contributed by atoms with Crippen LogP contribution >= 0.6 is 11.6 Å². The maximum atomic E-state index is 6.10. The first-order valence-electron chi connectivity index (χ1n) is 8.48. The van der Waals surface area contributed by atoms with Crippen molar-refractivity contribution in [2.45, 2.75) is 13.0 Å². The van der Waals surface area contributed by atoms with Gasteiger partial charge in [-0.2, -0.15) is 4.98 Å². The molecule has 132 valence electrons. The summed E-state index contributed by atoms with van der Waals surface area (Å²) in [7, 11) is 1.63. The fraction of sp³-hybridized carbons (Fsp3) is 0.200. The van der Waals surface area contributed by atoms with E-state index in [1.807, 2.05) is 18.2 Å². The molecule has 1 aliphatic rings. The molecule has 0 saturated heterocycles. The lowest BCUT2D eigenvalue weighted by Gasteiger charge is -2.29. The predicted octanol–water partition coefficient (Wildman–Crippen LogP) is 4.44. The summed E-state index contributed by atoms with van der Waals surface area (Å²) in [5, 5.41) is 3.91. The third kappa shape index (κ3) is 3.44. The number of methoxy groups -OCH3 is 1. The van der Waals surface area contributed by atoms with Crippen molar-refractivity contribution in [2.75, 3.05) is 23.9 Å². The molecule has 1 aromatic heterocycles. The van der Waals surface area contributed by atoms with Gasteiger partial charge in [0.15, 0.2) is 0 Å². The second kappa shape index (κ2) is 7.22. The Balaban J connectivity index is 1.57. The number of nitrogens with one attached hydrogen (secondary N) is 1. The molecule has 0 radical (unpaired) electrons. The van der Waals surface area contributed by atoms with Gasteiger partial charge >= 0.3 is 0 Å². The van der Waals surface area contributed by atoms with E-state index in [1.165, 1.54) is 11.1 Å². The van der Waals surface area contributed by atoms with E-state index in [-0.39, 0.29) is 0 Å². The molecule has 3 aromatic rings. The zero-order chi connectivity index (χ0) is 17.9. The summed E-state index contributed by atoms with van der Waals surface area (Å²) in [5.41, 5.74) is 3.51. The molecule has 0 atom stereocenters. The number of aromatic nitrogens is 2. The van der Waals surface area contributed by atoms with Crippen molar-refractivity contribution in [1.82, 2.24) is 9.97 Å². The van der Waals surface area contributed by atoms with Crippen LogP contribution in [0.1, 0.15) is 11.1 Å². The molecule has 1 aliphatic heterocycles. The zero-order valence-corrected chi connectivity index (χ0v) is 15.2. The van der Waals surface area contributed by atoms with E-state index in [4.69, 9.17) is 16.3 Å². The number of nitrogens with zero attached hydrogens (tertiary/aromatic N) is 3. The summed E-state index contributed by atoms with van der Waals surface area (Å²) >= 11 is 6.10. The van der Waals surface area contributed by atoms with Gasteiger partial charge in [-0.05, 0) is 41.8 Å². The maximum Gasteiger partial charge on any atom is 0.227 e. The third-order valence-corrected chi connectivity index (χ3v) is 4.72. The Morgan fingerprint density at radius 1 is 1.12 bits per heavy atom. The van der Waals surface area contributed by atoms with Gasteiger partial charge in [0, 0.05) is 24.3 Å². The van der Waals surface area contributed by atoms with Crippen LogP contribution in [0.4, 0.5) is 17.5 Å². The van der Waals surface area contributed by atoms with Crippen molar-refractivity contribution in [3.63, 3.8) is 0 Å². The lowest BCUT2D eigenvalue weighted by atomic mass is 10.0. The van der Waals surface area contributed by atoms with Crippen LogP contribution in [-0.2, 0) is 13.0 Å². The maximum absolute atomic E-state index is 6.10. The Labute approximate surface area is 157 Å². The van der Waals surface area contributed by atoms with E-state index in [2.05, 4.69) is 44.5 Å². The first-order valence-corrected chi connectivity index (χ1v) is 8.86. The van der Waals surface area contributed by atoms with Crippen molar-refractivity contribution in [3.8, 4) is 5.75 Å². The Morgan fingerprint density at radius 2 is 1.96 bits per heavy atom. The van der Waals surface area contributed by atoms with Crippen molar-refractivity contribution in [3.05, 3.63) is 70.9 Å². The molecular formula is C20H19ClN4O. The Morgan fingerprint density at radius 3 is 2.81 bits per heavy atom. The topological polar surface area (TPSA) is 50.3 Å². The highest BCUT2D eigenvalue weighted by molar-refractivity contribution is 6.31. The normalized spacial score (nSPS) is 13.2. The monoisotopic (exact) mass is 366 g/mol. The van der Waals surface area contributed by atoms with Gasteiger partial charge < -0.3 is 15.0 Å². The van der Waals surface area contributed by atoms with E-state index < -0.39 is 0 Å². The molecule has 5 nitrogen and oxygen atoms in total. The molecule has 2 heterocycles. The molecule has 6 heteroatoms. The zero-order valence-electron chi connectivity index (χ0n) is 14.4. The molecule has 0 saturated carbocycles. The molecule has 4 rings (SSSR count). The first-order chi connectivity index (χ1) is 12.7. The fourth-order valence-corrected chi connectivity index (χ4v) is 3.32. The number of hydrogen-bond acceptors (Lipinski definition) is 5. The second-order valence-corrected chi connectivity index (χ2v) is 6.59. The van der Waals surface area contributed by atoms with Crippen LogP contribution in [0.3, 0.4) is 0 Å². The number of halogens is 1. The number of hydrogen-bond donors (Lipinski definition) is 1. The summed E-state index contributed by atoms with van der Waals surface area (Å²) in [6.45, 7) is 1.72. The molecule has 0 amide bonds. The second-order valence-electron chi connectivity index (χ2n) is 6.15. The average molecular weight is 367 g/mol. The van der Waals surface area contributed by atoms with Gasteiger partial charge in [0.25, 0.3) is 0 Å². The highest BCUT2D eigenvalue weighted by Gasteiger charge is 2.18. The molecule has 2 aromatic carbocycles. The van der Waals surface area contributed by atoms with Gasteiger partial charge in [-0.1, -0.05) is 35.9 Å². The van der Waals surface area contributed by atoms with Gasteiger partial charge in [0.1, 0.15) is 11.6 Å². The largest absolute Gasteiger partial charge is 0.495 e. The van der Waals surface area contributed by atoms with E-state index in [0.29, 0.717) is 22.5 Å². The minimum absolute atomic E-state index is 0.634. The van der Waals surface area contributed by atoms with Crippen LogP contribution in [0.2, 0.25) is 5.02 Å². The van der Waals surface area contributed by atoms with E-state index in [1.54, 1.807) is 19.4 Å². The molecule has 1 N–H and O–H groups in total. The average Bonchev–Trinajstić information content (AvgIpc) is 2.68. The number of anilines is 3. The summed E-state index contributed by atoms with van der Waals surface area (Å²) in [5.74, 6) is 2.13. The van der Waals surface area contributed by atoms with Crippen LogP contribution in [0.25, 0.3) is 0 Å². The van der Waals surface area contributed by atoms with Crippen LogP contribution < -0.4 is 15.0 Å². The van der Waals surface area contributed by atoms with Gasteiger partial charge in [0.05, 0.1) is 12.8 Å². The van der Waals surface area contributed by atoms with Gasteiger partial charge in [-0.3, -0.25) is 0 Å². The Bertz CT molecular complexity index is 931. The van der Waals surface area contributed by atoms with Crippen LogP contribution in [0.5, 0.6) is 5.75 Å². The predicted molar refractivity (Wildman–Crippen MR) is 105 cm³/mol. The molecule has 0 bridgehead atoms. The number of benzene rings is 2. The van der Waals surface area contributed by atoms with Crippen LogP contribution in [0.15, 0.2) is 54.7 Å². The Kier molecular flexibility index (Phi) is 4.63. The van der Waals surface area contributed by atoms with Crippen molar-refractivity contribution >= 4 is 29.1 Å². The van der Waals surface area contributed by atoms with Crippen molar-refractivity contribution in [1.29, 1.82) is 0 Å². The van der Waals surface area contributed by atoms with Gasteiger partial charge in [0.2, 0.25) is 5.95 Å². The van der Waals surface area contributed by atoms with Crippen molar-refractivity contribution < 1.29 is 4.74 Å². The minimum Gasteiger partial charge on any atom is -0.495 e. The van der Waals surface area contributed by atoms with E-state index in [0.717, 1.165) is 25.2 Å². The van der Waals surface area contributed by atoms with Gasteiger partial charge in [-0.25, -0.2) is 4.98 Å². The number of rotatable bonds is 4. The lowest BCUT2D eigenvalue weighted by molar-refractivity contribution is 0.417. The molecule has 0 unspecified atom stereocenters. The third-order valence-electron chi connectivity index (χ3n) is 4.48. The summed E-state index contributed by atoms with van der Waals surface area (Å²) in [4.78, 5) is 11.3. The quantitative estimate of drug-likeness (QED) is 0.739. The highest BCUT2D eigenvalue weighted by Crippen LogP contribution is 2.30. The smallest absolute Gasteiger partial charge is 0.227 e. The summed E-state index contributed by atoms with van der Waals surface area (Å²) < 4.78 is 5.38. The highest BCUT2D eigenvalue weighted by atomic mass is 35.5. The van der Waals surface area contributed by atoms with E-state index in [9.17, 15) is 0 Å². The fourth-order valence-electron chi connectivity index (χ4n) is 3.15. The Hall–Kier alpha value is -2.79. The van der Waals surface area contributed by atoms with Crippen molar-refractivity contribution in [2.24, 2.45) is 0 Å². The number of ether oxygens (including phenoxy) is 1.